The van der Waals surface area contributed by atoms with Gasteiger partial charge in [0.15, 0.2) is 0 Å². The number of rotatable bonds is 5. The average Bonchev–Trinajstić information content (AvgIpc) is 3.09. The highest BCUT2D eigenvalue weighted by atomic mass is 35.5. The lowest BCUT2D eigenvalue weighted by atomic mass is 10.2. The van der Waals surface area contributed by atoms with Crippen LogP contribution in [-0.4, -0.2) is 49.3 Å². The number of anilines is 2. The van der Waals surface area contributed by atoms with E-state index in [0.717, 1.165) is 25.3 Å². The molecule has 0 aromatic carbocycles. The SMILES string of the molecule is COC(=O)c1ccc(NC2CCN(c3ncccc3Cl)C2)nc1OC. The Morgan fingerprint density at radius 1 is 1.36 bits per heavy atom. The van der Waals surface area contributed by atoms with E-state index in [1.165, 1.54) is 14.2 Å². The molecule has 0 spiro atoms. The first kappa shape index (κ1) is 17.3. The minimum absolute atomic E-state index is 0.194. The quantitative estimate of drug-likeness (QED) is 0.819. The van der Waals surface area contributed by atoms with Gasteiger partial charge in [0, 0.05) is 25.3 Å². The number of methoxy groups -OCH3 is 2. The van der Waals surface area contributed by atoms with Crippen molar-refractivity contribution in [1.82, 2.24) is 9.97 Å². The van der Waals surface area contributed by atoms with E-state index < -0.39 is 5.97 Å². The Hall–Kier alpha value is -2.54. The lowest BCUT2D eigenvalue weighted by Gasteiger charge is -2.19. The van der Waals surface area contributed by atoms with E-state index in [0.29, 0.717) is 16.4 Å². The number of hydrogen-bond donors (Lipinski definition) is 1. The number of aromatic nitrogens is 2. The Bertz CT molecular complexity index is 771. The number of carbonyl (C=O) groups is 1. The summed E-state index contributed by atoms with van der Waals surface area (Å²) in [5.41, 5.74) is 0.295. The molecule has 1 unspecified atom stereocenters. The Morgan fingerprint density at radius 3 is 2.92 bits per heavy atom. The Balaban J connectivity index is 1.69. The second kappa shape index (κ2) is 7.57. The molecule has 0 amide bonds. The van der Waals surface area contributed by atoms with Crippen LogP contribution >= 0.6 is 11.6 Å². The smallest absolute Gasteiger partial charge is 0.343 e. The van der Waals surface area contributed by atoms with E-state index in [4.69, 9.17) is 21.1 Å². The number of carbonyl (C=O) groups excluding carboxylic acids is 1. The molecule has 25 heavy (non-hydrogen) atoms. The van der Waals surface area contributed by atoms with Crippen molar-refractivity contribution < 1.29 is 14.3 Å². The molecular weight excluding hydrogens is 344 g/mol. The van der Waals surface area contributed by atoms with Gasteiger partial charge in [-0.05, 0) is 30.7 Å². The van der Waals surface area contributed by atoms with Gasteiger partial charge >= 0.3 is 5.97 Å². The second-order valence-corrected chi connectivity index (χ2v) is 6.04. The van der Waals surface area contributed by atoms with Crippen LogP contribution in [0.3, 0.4) is 0 Å². The molecule has 1 atom stereocenters. The second-order valence-electron chi connectivity index (χ2n) is 5.63. The molecule has 3 rings (SSSR count). The molecule has 1 saturated heterocycles. The molecule has 1 aliphatic heterocycles. The van der Waals surface area contributed by atoms with Crippen LogP contribution in [0.4, 0.5) is 11.6 Å². The van der Waals surface area contributed by atoms with Crippen molar-refractivity contribution in [2.24, 2.45) is 0 Å². The van der Waals surface area contributed by atoms with E-state index in [-0.39, 0.29) is 11.9 Å². The van der Waals surface area contributed by atoms with E-state index in [1.54, 1.807) is 18.3 Å². The number of halogens is 1. The van der Waals surface area contributed by atoms with Crippen LogP contribution in [0.1, 0.15) is 16.8 Å². The zero-order chi connectivity index (χ0) is 17.8. The van der Waals surface area contributed by atoms with Crippen molar-refractivity contribution in [3.8, 4) is 5.88 Å². The Kier molecular flexibility index (Phi) is 5.23. The van der Waals surface area contributed by atoms with Crippen molar-refractivity contribution in [2.75, 3.05) is 37.5 Å². The van der Waals surface area contributed by atoms with E-state index in [1.807, 2.05) is 12.1 Å². The summed E-state index contributed by atoms with van der Waals surface area (Å²) < 4.78 is 9.91. The molecule has 0 aliphatic carbocycles. The number of nitrogens with zero attached hydrogens (tertiary/aromatic N) is 3. The summed E-state index contributed by atoms with van der Waals surface area (Å²) in [6, 6.07) is 7.23. The molecule has 8 heteroatoms. The van der Waals surface area contributed by atoms with Gasteiger partial charge < -0.3 is 19.7 Å². The summed E-state index contributed by atoms with van der Waals surface area (Å²) in [6.45, 7) is 1.62. The number of esters is 1. The molecule has 1 N–H and O–H groups in total. The fourth-order valence-corrected chi connectivity index (χ4v) is 3.07. The number of nitrogens with one attached hydrogen (secondary N) is 1. The van der Waals surface area contributed by atoms with Crippen LogP contribution in [-0.2, 0) is 4.74 Å². The minimum Gasteiger partial charge on any atom is -0.480 e. The molecule has 3 heterocycles. The molecule has 0 saturated carbocycles. The van der Waals surface area contributed by atoms with E-state index in [9.17, 15) is 4.79 Å². The highest BCUT2D eigenvalue weighted by molar-refractivity contribution is 6.32. The van der Waals surface area contributed by atoms with Crippen molar-refractivity contribution in [2.45, 2.75) is 12.5 Å². The molecule has 0 bridgehead atoms. The van der Waals surface area contributed by atoms with Gasteiger partial charge in [0.25, 0.3) is 0 Å². The van der Waals surface area contributed by atoms with Gasteiger partial charge in [-0.1, -0.05) is 11.6 Å². The van der Waals surface area contributed by atoms with Crippen LogP contribution < -0.4 is 15.0 Å². The van der Waals surface area contributed by atoms with Crippen LogP contribution in [0.25, 0.3) is 0 Å². The van der Waals surface area contributed by atoms with Crippen LogP contribution in [0.2, 0.25) is 5.02 Å². The summed E-state index contributed by atoms with van der Waals surface area (Å²) >= 11 is 6.22. The fourth-order valence-electron chi connectivity index (χ4n) is 2.83. The van der Waals surface area contributed by atoms with Crippen molar-refractivity contribution in [3.05, 3.63) is 41.0 Å². The predicted octanol–water partition coefficient (Wildman–Crippen LogP) is 2.62. The first-order valence-electron chi connectivity index (χ1n) is 7.87. The van der Waals surface area contributed by atoms with E-state index >= 15 is 0 Å². The van der Waals surface area contributed by atoms with Gasteiger partial charge in [-0.15, -0.1) is 0 Å². The first-order chi connectivity index (χ1) is 12.1. The number of hydrogen-bond acceptors (Lipinski definition) is 7. The summed E-state index contributed by atoms with van der Waals surface area (Å²) in [6.07, 6.45) is 2.66. The van der Waals surface area contributed by atoms with Crippen LogP contribution in [0.15, 0.2) is 30.5 Å². The van der Waals surface area contributed by atoms with Crippen molar-refractivity contribution >= 4 is 29.2 Å². The first-order valence-corrected chi connectivity index (χ1v) is 8.25. The average molecular weight is 363 g/mol. The monoisotopic (exact) mass is 362 g/mol. The predicted molar refractivity (Wildman–Crippen MR) is 95.6 cm³/mol. The number of pyridine rings is 2. The zero-order valence-corrected chi connectivity index (χ0v) is 14.8. The normalized spacial score (nSPS) is 16.6. The van der Waals surface area contributed by atoms with Crippen LogP contribution in [0.5, 0.6) is 5.88 Å². The van der Waals surface area contributed by atoms with Gasteiger partial charge in [-0.3, -0.25) is 0 Å². The third kappa shape index (κ3) is 3.76. The van der Waals surface area contributed by atoms with Gasteiger partial charge in [0.1, 0.15) is 17.2 Å². The van der Waals surface area contributed by atoms with Crippen LogP contribution in [0, 0.1) is 0 Å². The maximum Gasteiger partial charge on any atom is 0.343 e. The zero-order valence-electron chi connectivity index (χ0n) is 14.0. The summed E-state index contributed by atoms with van der Waals surface area (Å²) in [5, 5.41) is 4.01. The highest BCUT2D eigenvalue weighted by Gasteiger charge is 2.25. The summed E-state index contributed by atoms with van der Waals surface area (Å²) in [4.78, 5) is 22.5. The van der Waals surface area contributed by atoms with Crippen molar-refractivity contribution in [3.63, 3.8) is 0 Å². The van der Waals surface area contributed by atoms with Crippen molar-refractivity contribution in [1.29, 1.82) is 0 Å². The summed E-state index contributed by atoms with van der Waals surface area (Å²) in [7, 11) is 2.79. The summed E-state index contributed by atoms with van der Waals surface area (Å²) in [5.74, 6) is 1.19. The van der Waals surface area contributed by atoms with Gasteiger partial charge in [-0.2, -0.15) is 4.98 Å². The molecule has 2 aromatic heterocycles. The molecule has 7 nitrogen and oxygen atoms in total. The lowest BCUT2D eigenvalue weighted by Crippen LogP contribution is -2.27. The Morgan fingerprint density at radius 2 is 2.20 bits per heavy atom. The molecule has 1 aliphatic rings. The molecule has 1 fully saturated rings. The highest BCUT2D eigenvalue weighted by Crippen LogP contribution is 2.27. The van der Waals surface area contributed by atoms with Gasteiger partial charge in [0.05, 0.1) is 19.2 Å². The molecule has 0 radical (unpaired) electrons. The van der Waals surface area contributed by atoms with E-state index in [2.05, 4.69) is 20.2 Å². The third-order valence-corrected chi connectivity index (χ3v) is 4.33. The topological polar surface area (TPSA) is 76.6 Å². The third-order valence-electron chi connectivity index (χ3n) is 4.04. The molecule has 2 aromatic rings. The minimum atomic E-state index is -0.479. The van der Waals surface area contributed by atoms with Gasteiger partial charge in [0.2, 0.25) is 5.88 Å². The number of ether oxygens (including phenoxy) is 2. The standard InChI is InChI=1S/C17H19ClN4O3/c1-24-16-12(17(23)25-2)5-6-14(21-16)20-11-7-9-22(10-11)15-13(18)4-3-8-19-15/h3-6,8,11H,7,9-10H2,1-2H3,(H,20,21). The molecule has 132 valence electrons. The fraction of sp³-hybridized carbons (Fsp3) is 0.353. The maximum absolute atomic E-state index is 11.7. The lowest BCUT2D eigenvalue weighted by molar-refractivity contribution is 0.0596. The maximum atomic E-state index is 11.7. The largest absolute Gasteiger partial charge is 0.480 e. The Labute approximate surface area is 150 Å². The van der Waals surface area contributed by atoms with Gasteiger partial charge in [-0.25, -0.2) is 9.78 Å². The molecular formula is C17H19ClN4O3.